The molecule has 0 unspecified atom stereocenters. The van der Waals surface area contributed by atoms with E-state index in [4.69, 9.17) is 4.52 Å². The molecule has 0 radical (unpaired) electrons. The second-order valence-corrected chi connectivity index (χ2v) is 7.23. The summed E-state index contributed by atoms with van der Waals surface area (Å²) in [6.07, 6.45) is 4.97. The smallest absolute Gasteiger partial charge is 0.231 e. The molecule has 1 aliphatic heterocycles. The highest BCUT2D eigenvalue weighted by Crippen LogP contribution is 2.32. The van der Waals surface area contributed by atoms with Crippen LogP contribution < -0.4 is 0 Å². The van der Waals surface area contributed by atoms with Crippen molar-refractivity contribution >= 4 is 17.2 Å². The number of carbonyl (C=O) groups is 1. The van der Waals surface area contributed by atoms with Crippen molar-refractivity contribution in [1.29, 1.82) is 0 Å². The minimum Gasteiger partial charge on any atom is -0.342 e. The Morgan fingerprint density at radius 1 is 1.41 bits per heavy atom. The van der Waals surface area contributed by atoms with Gasteiger partial charge in [0.15, 0.2) is 5.82 Å². The largest absolute Gasteiger partial charge is 0.342 e. The van der Waals surface area contributed by atoms with Crippen molar-refractivity contribution in [3.05, 3.63) is 34.1 Å². The average molecular weight is 317 g/mol. The van der Waals surface area contributed by atoms with Crippen LogP contribution in [0, 0.1) is 5.92 Å². The molecule has 0 N–H and O–H groups in total. The van der Waals surface area contributed by atoms with Crippen LogP contribution in [0.1, 0.15) is 48.2 Å². The fraction of sp³-hybridized carbons (Fsp3) is 0.562. The van der Waals surface area contributed by atoms with Crippen LogP contribution in [0.15, 0.2) is 22.0 Å². The van der Waals surface area contributed by atoms with Gasteiger partial charge in [0.1, 0.15) is 0 Å². The van der Waals surface area contributed by atoms with E-state index in [0.29, 0.717) is 11.8 Å². The SMILES string of the molecule is O=C(C1CCC1)N1CC[C@@H](c2nc(Cc3cccs3)no2)C1. The lowest BCUT2D eigenvalue weighted by atomic mass is 9.84. The summed E-state index contributed by atoms with van der Waals surface area (Å²) in [4.78, 5) is 20.0. The number of nitrogens with zero attached hydrogens (tertiary/aromatic N) is 3. The van der Waals surface area contributed by atoms with E-state index in [2.05, 4.69) is 21.6 Å². The highest BCUT2D eigenvalue weighted by molar-refractivity contribution is 7.09. The first kappa shape index (κ1) is 13.9. The van der Waals surface area contributed by atoms with E-state index in [9.17, 15) is 4.79 Å². The van der Waals surface area contributed by atoms with Crippen LogP contribution >= 0.6 is 11.3 Å². The number of aromatic nitrogens is 2. The minimum atomic E-state index is 0.202. The predicted molar refractivity (Wildman–Crippen MR) is 82.7 cm³/mol. The van der Waals surface area contributed by atoms with Crippen LogP contribution in [-0.2, 0) is 11.2 Å². The molecular weight excluding hydrogens is 298 g/mol. The number of carbonyl (C=O) groups excluding carboxylic acids is 1. The summed E-state index contributed by atoms with van der Waals surface area (Å²) in [5, 5.41) is 6.14. The number of hydrogen-bond donors (Lipinski definition) is 0. The van der Waals surface area contributed by atoms with Crippen LogP contribution in [0.4, 0.5) is 0 Å². The summed E-state index contributed by atoms with van der Waals surface area (Å²) in [7, 11) is 0. The lowest BCUT2D eigenvalue weighted by molar-refractivity contribution is -0.137. The third kappa shape index (κ3) is 2.67. The number of hydrogen-bond acceptors (Lipinski definition) is 5. The molecule has 2 aliphatic rings. The molecule has 1 aliphatic carbocycles. The van der Waals surface area contributed by atoms with Gasteiger partial charge in [-0.3, -0.25) is 4.79 Å². The Labute approximate surface area is 133 Å². The first-order valence-corrected chi connectivity index (χ1v) is 8.81. The second kappa shape index (κ2) is 5.83. The second-order valence-electron chi connectivity index (χ2n) is 6.20. The predicted octanol–water partition coefficient (Wildman–Crippen LogP) is 2.84. The van der Waals surface area contributed by atoms with Gasteiger partial charge in [0, 0.05) is 30.3 Å². The molecule has 1 saturated carbocycles. The van der Waals surface area contributed by atoms with Crippen LogP contribution in [-0.4, -0.2) is 34.0 Å². The van der Waals surface area contributed by atoms with Crippen molar-refractivity contribution in [1.82, 2.24) is 15.0 Å². The number of likely N-dealkylation sites (tertiary alicyclic amines) is 1. The molecule has 116 valence electrons. The maximum atomic E-state index is 12.3. The van der Waals surface area contributed by atoms with E-state index in [1.165, 1.54) is 11.3 Å². The molecule has 0 spiro atoms. The molecular formula is C16H19N3O2S. The van der Waals surface area contributed by atoms with E-state index in [-0.39, 0.29) is 11.8 Å². The van der Waals surface area contributed by atoms with Gasteiger partial charge in [0.2, 0.25) is 11.8 Å². The molecule has 1 saturated heterocycles. The Bertz CT molecular complexity index is 648. The zero-order valence-electron chi connectivity index (χ0n) is 12.4. The Morgan fingerprint density at radius 2 is 2.32 bits per heavy atom. The van der Waals surface area contributed by atoms with Gasteiger partial charge in [-0.25, -0.2) is 0 Å². The van der Waals surface area contributed by atoms with Crippen molar-refractivity contribution in [2.45, 2.75) is 38.0 Å². The van der Waals surface area contributed by atoms with E-state index >= 15 is 0 Å². The van der Waals surface area contributed by atoms with Crippen molar-refractivity contribution in [2.24, 2.45) is 5.92 Å². The van der Waals surface area contributed by atoms with Crippen molar-refractivity contribution in [3.63, 3.8) is 0 Å². The number of rotatable bonds is 4. The molecule has 2 fully saturated rings. The Balaban J connectivity index is 1.38. The summed E-state index contributed by atoms with van der Waals surface area (Å²) < 4.78 is 5.43. The van der Waals surface area contributed by atoms with Crippen LogP contribution in [0.25, 0.3) is 0 Å². The maximum Gasteiger partial charge on any atom is 0.231 e. The van der Waals surface area contributed by atoms with Gasteiger partial charge < -0.3 is 9.42 Å². The Kier molecular flexibility index (Phi) is 3.70. The van der Waals surface area contributed by atoms with Gasteiger partial charge in [-0.05, 0) is 30.7 Å². The van der Waals surface area contributed by atoms with E-state index in [1.807, 2.05) is 11.0 Å². The molecule has 0 aromatic carbocycles. The molecule has 0 bridgehead atoms. The molecule has 6 heteroatoms. The van der Waals surface area contributed by atoms with Gasteiger partial charge >= 0.3 is 0 Å². The molecule has 22 heavy (non-hydrogen) atoms. The molecule has 3 heterocycles. The van der Waals surface area contributed by atoms with E-state index in [1.54, 1.807) is 11.3 Å². The summed E-state index contributed by atoms with van der Waals surface area (Å²) in [6.45, 7) is 1.55. The monoisotopic (exact) mass is 317 g/mol. The first-order chi connectivity index (χ1) is 10.8. The van der Waals surface area contributed by atoms with Gasteiger partial charge in [0.05, 0.1) is 5.92 Å². The molecule has 5 nitrogen and oxygen atoms in total. The summed E-state index contributed by atoms with van der Waals surface area (Å²) in [5.41, 5.74) is 0. The summed E-state index contributed by atoms with van der Waals surface area (Å²) in [6, 6.07) is 4.11. The van der Waals surface area contributed by atoms with Crippen LogP contribution in [0.2, 0.25) is 0 Å². The normalized spacial score (nSPS) is 22.0. The molecule has 2 aromatic heterocycles. The zero-order chi connectivity index (χ0) is 14.9. The topological polar surface area (TPSA) is 59.2 Å². The van der Waals surface area contributed by atoms with E-state index < -0.39 is 0 Å². The maximum absolute atomic E-state index is 12.3. The van der Waals surface area contributed by atoms with Crippen LogP contribution in [0.3, 0.4) is 0 Å². The third-order valence-corrected chi connectivity index (χ3v) is 5.58. The standard InChI is InChI=1S/C16H19N3O2S/c20-16(11-3-1-4-11)19-7-6-12(10-19)15-17-14(18-21-15)9-13-5-2-8-22-13/h2,5,8,11-12H,1,3-4,6-7,9-10H2/t12-/m1/s1. The number of amides is 1. The Morgan fingerprint density at radius 3 is 3.05 bits per heavy atom. The van der Waals surface area contributed by atoms with Gasteiger partial charge in [-0.15, -0.1) is 11.3 Å². The lowest BCUT2D eigenvalue weighted by Gasteiger charge is -2.28. The summed E-state index contributed by atoms with van der Waals surface area (Å²) in [5.74, 6) is 2.23. The number of thiophene rings is 1. The van der Waals surface area contributed by atoms with Gasteiger partial charge in [0.25, 0.3) is 0 Å². The Hall–Kier alpha value is -1.69. The first-order valence-electron chi connectivity index (χ1n) is 7.93. The van der Waals surface area contributed by atoms with Crippen molar-refractivity contribution in [2.75, 3.05) is 13.1 Å². The molecule has 2 aromatic rings. The third-order valence-electron chi connectivity index (χ3n) is 4.70. The molecule has 1 amide bonds. The quantitative estimate of drug-likeness (QED) is 0.870. The minimum absolute atomic E-state index is 0.202. The average Bonchev–Trinajstić information content (AvgIpc) is 3.17. The molecule has 4 rings (SSSR count). The summed E-state index contributed by atoms with van der Waals surface area (Å²) >= 11 is 1.70. The highest BCUT2D eigenvalue weighted by atomic mass is 32.1. The van der Waals surface area contributed by atoms with E-state index in [0.717, 1.165) is 44.6 Å². The fourth-order valence-electron chi connectivity index (χ4n) is 3.15. The van der Waals surface area contributed by atoms with Gasteiger partial charge in [-0.1, -0.05) is 17.6 Å². The van der Waals surface area contributed by atoms with Crippen molar-refractivity contribution in [3.8, 4) is 0 Å². The van der Waals surface area contributed by atoms with Gasteiger partial charge in [-0.2, -0.15) is 4.98 Å². The highest BCUT2D eigenvalue weighted by Gasteiger charge is 2.35. The van der Waals surface area contributed by atoms with Crippen molar-refractivity contribution < 1.29 is 9.32 Å². The fourth-order valence-corrected chi connectivity index (χ4v) is 3.85. The molecule has 1 atom stereocenters. The van der Waals surface area contributed by atoms with Crippen LogP contribution in [0.5, 0.6) is 0 Å². The lowest BCUT2D eigenvalue weighted by Crippen LogP contribution is -2.37. The zero-order valence-corrected chi connectivity index (χ0v) is 13.2.